The van der Waals surface area contributed by atoms with Crippen LogP contribution in [-0.2, 0) is 4.74 Å². The maximum Gasteiger partial charge on any atom is 0.0580 e. The van der Waals surface area contributed by atoms with Crippen molar-refractivity contribution in [1.29, 1.82) is 0 Å². The minimum atomic E-state index is 0.535. The van der Waals surface area contributed by atoms with Crippen LogP contribution >= 0.6 is 0 Å². The second-order valence-corrected chi connectivity index (χ2v) is 5.53. The SMILES string of the molecule is CCOC1CC(CC(CCC2CC2)NN)C1. The van der Waals surface area contributed by atoms with Gasteiger partial charge in [0.15, 0.2) is 0 Å². The Balaban J connectivity index is 1.56. The Morgan fingerprint density at radius 2 is 2.06 bits per heavy atom. The van der Waals surface area contributed by atoms with Gasteiger partial charge in [0.1, 0.15) is 0 Å². The van der Waals surface area contributed by atoms with Gasteiger partial charge in [-0.05, 0) is 50.9 Å². The van der Waals surface area contributed by atoms with Gasteiger partial charge in [0, 0.05) is 12.6 Å². The molecule has 2 aliphatic carbocycles. The van der Waals surface area contributed by atoms with Crippen LogP contribution in [0.25, 0.3) is 0 Å². The smallest absolute Gasteiger partial charge is 0.0580 e. The monoisotopic (exact) mass is 226 g/mol. The van der Waals surface area contributed by atoms with Crippen molar-refractivity contribution in [3.05, 3.63) is 0 Å². The molecule has 0 aliphatic heterocycles. The highest BCUT2D eigenvalue weighted by molar-refractivity contribution is 4.84. The van der Waals surface area contributed by atoms with Crippen LogP contribution in [0.1, 0.15) is 51.9 Å². The Morgan fingerprint density at radius 3 is 2.62 bits per heavy atom. The van der Waals surface area contributed by atoms with Crippen LogP contribution in [-0.4, -0.2) is 18.8 Å². The van der Waals surface area contributed by atoms with Crippen molar-refractivity contribution < 1.29 is 4.74 Å². The third-order valence-electron chi connectivity index (χ3n) is 4.07. The van der Waals surface area contributed by atoms with Gasteiger partial charge in [-0.25, -0.2) is 0 Å². The van der Waals surface area contributed by atoms with Crippen molar-refractivity contribution in [3.8, 4) is 0 Å². The molecular formula is C13H26N2O. The second-order valence-electron chi connectivity index (χ2n) is 5.53. The van der Waals surface area contributed by atoms with Gasteiger partial charge in [-0.15, -0.1) is 0 Å². The maximum absolute atomic E-state index is 5.62. The third-order valence-corrected chi connectivity index (χ3v) is 4.07. The number of hydrazine groups is 1. The van der Waals surface area contributed by atoms with Crippen LogP contribution in [0.2, 0.25) is 0 Å². The molecule has 0 saturated heterocycles. The van der Waals surface area contributed by atoms with Gasteiger partial charge in [0.2, 0.25) is 0 Å². The third kappa shape index (κ3) is 3.72. The molecule has 0 amide bonds. The van der Waals surface area contributed by atoms with E-state index in [1.807, 2.05) is 0 Å². The Hall–Kier alpha value is -0.120. The average molecular weight is 226 g/mol. The van der Waals surface area contributed by atoms with E-state index in [4.69, 9.17) is 10.6 Å². The lowest BCUT2D eigenvalue weighted by Gasteiger charge is -2.37. The van der Waals surface area contributed by atoms with Crippen LogP contribution in [0.4, 0.5) is 0 Å². The highest BCUT2D eigenvalue weighted by Gasteiger charge is 2.31. The molecule has 2 rings (SSSR count). The summed E-state index contributed by atoms with van der Waals surface area (Å²) in [5.74, 6) is 7.48. The Labute approximate surface area is 99.1 Å². The topological polar surface area (TPSA) is 47.3 Å². The quantitative estimate of drug-likeness (QED) is 0.493. The van der Waals surface area contributed by atoms with E-state index in [-0.39, 0.29) is 0 Å². The lowest BCUT2D eigenvalue weighted by Crippen LogP contribution is -2.41. The molecule has 0 aromatic carbocycles. The number of rotatable bonds is 8. The van der Waals surface area contributed by atoms with Gasteiger partial charge in [0.25, 0.3) is 0 Å². The van der Waals surface area contributed by atoms with E-state index in [0.29, 0.717) is 12.1 Å². The fraction of sp³-hybridized carbons (Fsp3) is 1.00. The fourth-order valence-electron chi connectivity index (χ4n) is 2.75. The van der Waals surface area contributed by atoms with E-state index < -0.39 is 0 Å². The molecule has 2 fully saturated rings. The molecule has 94 valence electrons. The molecule has 1 unspecified atom stereocenters. The molecule has 0 aromatic heterocycles. The van der Waals surface area contributed by atoms with Gasteiger partial charge in [-0.1, -0.05) is 12.8 Å². The second kappa shape index (κ2) is 5.99. The Bertz CT molecular complexity index is 200. The summed E-state index contributed by atoms with van der Waals surface area (Å²) in [7, 11) is 0. The molecule has 3 nitrogen and oxygen atoms in total. The highest BCUT2D eigenvalue weighted by Crippen LogP contribution is 2.37. The van der Waals surface area contributed by atoms with Crippen molar-refractivity contribution in [2.24, 2.45) is 17.7 Å². The van der Waals surface area contributed by atoms with Crippen molar-refractivity contribution >= 4 is 0 Å². The van der Waals surface area contributed by atoms with Gasteiger partial charge in [-0.3, -0.25) is 11.3 Å². The molecule has 0 heterocycles. The largest absolute Gasteiger partial charge is 0.378 e. The van der Waals surface area contributed by atoms with Gasteiger partial charge < -0.3 is 4.74 Å². The van der Waals surface area contributed by atoms with E-state index in [0.717, 1.165) is 18.4 Å². The molecule has 1 atom stereocenters. The first kappa shape index (κ1) is 12.3. The van der Waals surface area contributed by atoms with Crippen LogP contribution in [0.15, 0.2) is 0 Å². The molecular weight excluding hydrogens is 200 g/mol. The molecule has 0 bridgehead atoms. The zero-order chi connectivity index (χ0) is 11.4. The summed E-state index contributed by atoms with van der Waals surface area (Å²) in [5, 5.41) is 0. The normalized spacial score (nSPS) is 31.1. The minimum Gasteiger partial charge on any atom is -0.378 e. The zero-order valence-corrected chi connectivity index (χ0v) is 10.5. The number of nitrogens with one attached hydrogen (secondary N) is 1. The summed E-state index contributed by atoms with van der Waals surface area (Å²) in [6.45, 7) is 2.94. The van der Waals surface area contributed by atoms with E-state index in [1.54, 1.807) is 0 Å². The van der Waals surface area contributed by atoms with E-state index in [2.05, 4.69) is 12.3 Å². The number of nitrogens with two attached hydrogens (primary N) is 1. The summed E-state index contributed by atoms with van der Waals surface area (Å²) in [5.41, 5.74) is 2.99. The summed E-state index contributed by atoms with van der Waals surface area (Å²) >= 11 is 0. The summed E-state index contributed by atoms with van der Waals surface area (Å²) < 4.78 is 5.58. The summed E-state index contributed by atoms with van der Waals surface area (Å²) in [6.07, 6.45) is 9.81. The number of hydrogen-bond acceptors (Lipinski definition) is 3. The lowest BCUT2D eigenvalue weighted by molar-refractivity contribution is -0.0293. The Morgan fingerprint density at radius 1 is 1.31 bits per heavy atom. The first-order valence-electron chi connectivity index (χ1n) is 6.89. The maximum atomic E-state index is 5.62. The zero-order valence-electron chi connectivity index (χ0n) is 10.5. The lowest BCUT2D eigenvalue weighted by atomic mass is 9.77. The Kier molecular flexibility index (Phi) is 4.62. The van der Waals surface area contributed by atoms with Crippen LogP contribution in [0, 0.1) is 11.8 Å². The number of ether oxygens (including phenoxy) is 1. The minimum absolute atomic E-state index is 0.535. The molecule has 0 radical (unpaired) electrons. The van der Waals surface area contributed by atoms with Gasteiger partial charge in [-0.2, -0.15) is 0 Å². The van der Waals surface area contributed by atoms with E-state index >= 15 is 0 Å². The molecule has 0 aromatic rings. The molecule has 3 N–H and O–H groups in total. The van der Waals surface area contributed by atoms with Gasteiger partial charge in [0.05, 0.1) is 6.10 Å². The van der Waals surface area contributed by atoms with Crippen molar-refractivity contribution in [2.45, 2.75) is 64.0 Å². The average Bonchev–Trinajstić information content (AvgIpc) is 3.03. The number of hydrogen-bond donors (Lipinski definition) is 2. The van der Waals surface area contributed by atoms with Gasteiger partial charge >= 0.3 is 0 Å². The van der Waals surface area contributed by atoms with Crippen molar-refractivity contribution in [3.63, 3.8) is 0 Å². The predicted octanol–water partition coefficient (Wildman–Crippen LogP) is 2.21. The first-order valence-corrected chi connectivity index (χ1v) is 6.89. The molecule has 3 heteroatoms. The van der Waals surface area contributed by atoms with Crippen LogP contribution < -0.4 is 11.3 Å². The molecule has 2 saturated carbocycles. The van der Waals surface area contributed by atoms with Crippen LogP contribution in [0.3, 0.4) is 0 Å². The molecule has 2 aliphatic rings. The molecule has 16 heavy (non-hydrogen) atoms. The van der Waals surface area contributed by atoms with E-state index in [9.17, 15) is 0 Å². The van der Waals surface area contributed by atoms with E-state index in [1.165, 1.54) is 44.9 Å². The standard InChI is InChI=1S/C13H26N2O/c1-2-16-13-8-11(9-13)7-12(15-14)6-5-10-3-4-10/h10-13,15H,2-9,14H2,1H3. The van der Waals surface area contributed by atoms with Crippen molar-refractivity contribution in [2.75, 3.05) is 6.61 Å². The summed E-state index contributed by atoms with van der Waals surface area (Å²) in [4.78, 5) is 0. The fourth-order valence-corrected chi connectivity index (χ4v) is 2.75. The first-order chi connectivity index (χ1) is 7.81. The molecule has 0 spiro atoms. The van der Waals surface area contributed by atoms with Crippen LogP contribution in [0.5, 0.6) is 0 Å². The predicted molar refractivity (Wildman–Crippen MR) is 65.8 cm³/mol. The van der Waals surface area contributed by atoms with Crippen molar-refractivity contribution in [1.82, 2.24) is 5.43 Å². The summed E-state index contributed by atoms with van der Waals surface area (Å²) in [6, 6.07) is 0.535. The highest BCUT2D eigenvalue weighted by atomic mass is 16.5.